The molecule has 0 spiro atoms. The minimum Gasteiger partial charge on any atom is -0.321 e. The molecule has 0 radical (unpaired) electrons. The SMILES string of the molecule is O=C(Nc1ccc(Cl)c(C(F)(F)F)c1)c1cn(C2CCNCC2)nn1. The predicted molar refractivity (Wildman–Crippen MR) is 85.6 cm³/mol. The summed E-state index contributed by atoms with van der Waals surface area (Å²) < 4.78 is 40.2. The van der Waals surface area contributed by atoms with Crippen molar-refractivity contribution in [1.29, 1.82) is 0 Å². The lowest BCUT2D eigenvalue weighted by atomic mass is 10.1. The van der Waals surface area contributed by atoms with E-state index in [9.17, 15) is 18.0 Å². The van der Waals surface area contributed by atoms with Crippen molar-refractivity contribution in [2.45, 2.75) is 25.1 Å². The van der Waals surface area contributed by atoms with Gasteiger partial charge in [-0.15, -0.1) is 5.10 Å². The molecule has 1 saturated heterocycles. The number of amides is 1. The fourth-order valence-electron chi connectivity index (χ4n) is 2.65. The summed E-state index contributed by atoms with van der Waals surface area (Å²) in [6, 6.07) is 3.33. The molecule has 134 valence electrons. The Morgan fingerprint density at radius 2 is 2.04 bits per heavy atom. The Hall–Kier alpha value is -2.13. The molecule has 0 atom stereocenters. The molecule has 10 heteroatoms. The van der Waals surface area contributed by atoms with Crippen molar-refractivity contribution >= 4 is 23.2 Å². The molecular weight excluding hydrogens is 359 g/mol. The number of halogens is 4. The Morgan fingerprint density at radius 3 is 2.72 bits per heavy atom. The summed E-state index contributed by atoms with van der Waals surface area (Å²) in [6.45, 7) is 1.72. The first-order valence-corrected chi connectivity index (χ1v) is 8.03. The van der Waals surface area contributed by atoms with Crippen LogP contribution in [-0.4, -0.2) is 34.0 Å². The van der Waals surface area contributed by atoms with Gasteiger partial charge in [-0.3, -0.25) is 4.79 Å². The number of nitrogens with one attached hydrogen (secondary N) is 2. The molecule has 2 heterocycles. The van der Waals surface area contributed by atoms with Crippen LogP contribution in [0.3, 0.4) is 0 Å². The van der Waals surface area contributed by atoms with Crippen LogP contribution in [0.25, 0.3) is 0 Å². The van der Waals surface area contributed by atoms with Crippen molar-refractivity contribution < 1.29 is 18.0 Å². The van der Waals surface area contributed by atoms with Crippen molar-refractivity contribution in [2.75, 3.05) is 18.4 Å². The molecule has 0 bridgehead atoms. The molecule has 0 unspecified atom stereocenters. The maximum absolute atomic E-state index is 12.9. The first-order valence-electron chi connectivity index (χ1n) is 7.65. The third kappa shape index (κ3) is 4.10. The standard InChI is InChI=1S/C15H15ClF3N5O/c16-12-2-1-9(7-11(12)15(17,18)19)21-14(25)13-8-24(23-22-13)10-3-5-20-6-4-10/h1-2,7-8,10,20H,3-6H2,(H,21,25). The monoisotopic (exact) mass is 373 g/mol. The highest BCUT2D eigenvalue weighted by molar-refractivity contribution is 6.31. The average Bonchev–Trinajstić information content (AvgIpc) is 3.06. The Morgan fingerprint density at radius 1 is 1.32 bits per heavy atom. The number of carbonyl (C=O) groups excluding carboxylic acids is 1. The van der Waals surface area contributed by atoms with E-state index in [1.165, 1.54) is 12.3 Å². The molecule has 1 aromatic carbocycles. The lowest BCUT2D eigenvalue weighted by Crippen LogP contribution is -2.29. The highest BCUT2D eigenvalue weighted by atomic mass is 35.5. The maximum atomic E-state index is 12.9. The van der Waals surface area contributed by atoms with E-state index in [0.29, 0.717) is 0 Å². The summed E-state index contributed by atoms with van der Waals surface area (Å²) in [5.41, 5.74) is -0.981. The summed E-state index contributed by atoms with van der Waals surface area (Å²) >= 11 is 5.56. The number of benzene rings is 1. The van der Waals surface area contributed by atoms with Crippen LogP contribution in [0, 0.1) is 0 Å². The van der Waals surface area contributed by atoms with Crippen molar-refractivity contribution in [3.05, 3.63) is 40.7 Å². The van der Waals surface area contributed by atoms with E-state index >= 15 is 0 Å². The van der Waals surface area contributed by atoms with E-state index in [1.807, 2.05) is 0 Å². The Balaban J connectivity index is 1.73. The average molecular weight is 374 g/mol. The number of alkyl halides is 3. The summed E-state index contributed by atoms with van der Waals surface area (Å²) in [5.74, 6) is -0.629. The third-order valence-electron chi connectivity index (χ3n) is 3.96. The number of hydrogen-bond acceptors (Lipinski definition) is 4. The van der Waals surface area contributed by atoms with Gasteiger partial charge in [-0.05, 0) is 44.1 Å². The molecule has 1 amide bonds. The van der Waals surface area contributed by atoms with Crippen molar-refractivity contribution in [2.24, 2.45) is 0 Å². The maximum Gasteiger partial charge on any atom is 0.417 e. The summed E-state index contributed by atoms with van der Waals surface area (Å²) in [6.07, 6.45) is -1.35. The van der Waals surface area contributed by atoms with Gasteiger partial charge in [-0.1, -0.05) is 16.8 Å². The van der Waals surface area contributed by atoms with E-state index in [0.717, 1.165) is 38.1 Å². The minimum atomic E-state index is -4.60. The molecule has 1 aliphatic heterocycles. The van der Waals surface area contributed by atoms with E-state index in [4.69, 9.17) is 11.6 Å². The van der Waals surface area contributed by atoms with Crippen LogP contribution >= 0.6 is 11.6 Å². The molecule has 1 fully saturated rings. The molecule has 0 aliphatic carbocycles. The number of nitrogens with zero attached hydrogens (tertiary/aromatic N) is 3. The summed E-state index contributed by atoms with van der Waals surface area (Å²) in [7, 11) is 0. The highest BCUT2D eigenvalue weighted by Gasteiger charge is 2.33. The van der Waals surface area contributed by atoms with Crippen molar-refractivity contribution in [3.63, 3.8) is 0 Å². The number of piperidine rings is 1. The minimum absolute atomic E-state index is 0.0156. The van der Waals surface area contributed by atoms with Gasteiger partial charge in [0.1, 0.15) is 0 Å². The van der Waals surface area contributed by atoms with Crippen LogP contribution in [0.5, 0.6) is 0 Å². The first-order chi connectivity index (χ1) is 11.8. The lowest BCUT2D eigenvalue weighted by Gasteiger charge is -2.22. The molecule has 2 N–H and O–H groups in total. The van der Waals surface area contributed by atoms with Gasteiger partial charge in [0.25, 0.3) is 5.91 Å². The zero-order valence-electron chi connectivity index (χ0n) is 13.0. The quantitative estimate of drug-likeness (QED) is 0.867. The van der Waals surface area contributed by atoms with Gasteiger partial charge in [0.2, 0.25) is 0 Å². The van der Waals surface area contributed by atoms with Gasteiger partial charge in [0.05, 0.1) is 22.8 Å². The number of aromatic nitrogens is 3. The highest BCUT2D eigenvalue weighted by Crippen LogP contribution is 2.36. The lowest BCUT2D eigenvalue weighted by molar-refractivity contribution is -0.137. The zero-order chi connectivity index (χ0) is 18.0. The second kappa shape index (κ2) is 7.01. The van der Waals surface area contributed by atoms with E-state index in [-0.39, 0.29) is 17.4 Å². The van der Waals surface area contributed by atoms with Crippen LogP contribution < -0.4 is 10.6 Å². The van der Waals surface area contributed by atoms with E-state index in [1.54, 1.807) is 4.68 Å². The number of hydrogen-bond donors (Lipinski definition) is 2. The number of rotatable bonds is 3. The van der Waals surface area contributed by atoms with Gasteiger partial charge >= 0.3 is 6.18 Å². The predicted octanol–water partition coefficient (Wildman–Crippen LogP) is 3.13. The Bertz CT molecular complexity index is 771. The van der Waals surface area contributed by atoms with Crippen LogP contribution in [0.4, 0.5) is 18.9 Å². The molecule has 25 heavy (non-hydrogen) atoms. The molecule has 3 rings (SSSR count). The number of anilines is 1. The molecule has 1 aromatic heterocycles. The fraction of sp³-hybridized carbons (Fsp3) is 0.400. The second-order valence-electron chi connectivity index (χ2n) is 5.71. The van der Waals surface area contributed by atoms with Gasteiger partial charge in [-0.25, -0.2) is 4.68 Å². The summed E-state index contributed by atoms with van der Waals surface area (Å²) in [5, 5.41) is 12.9. The first kappa shape index (κ1) is 17.7. The second-order valence-corrected chi connectivity index (χ2v) is 6.12. The van der Waals surface area contributed by atoms with E-state index < -0.39 is 22.7 Å². The topological polar surface area (TPSA) is 71.8 Å². The third-order valence-corrected chi connectivity index (χ3v) is 4.28. The zero-order valence-corrected chi connectivity index (χ0v) is 13.7. The summed E-state index contributed by atoms with van der Waals surface area (Å²) in [4.78, 5) is 12.2. The normalized spacial score (nSPS) is 16.0. The van der Waals surface area contributed by atoms with Gasteiger partial charge in [-0.2, -0.15) is 13.2 Å². The van der Waals surface area contributed by atoms with E-state index in [2.05, 4.69) is 20.9 Å². The molecule has 6 nitrogen and oxygen atoms in total. The smallest absolute Gasteiger partial charge is 0.321 e. The van der Waals surface area contributed by atoms with Crippen molar-refractivity contribution in [3.8, 4) is 0 Å². The van der Waals surface area contributed by atoms with Crippen LogP contribution in [0.2, 0.25) is 5.02 Å². The van der Waals surface area contributed by atoms with Crippen LogP contribution in [-0.2, 0) is 6.18 Å². The molecule has 2 aromatic rings. The Labute approximate surface area is 146 Å². The van der Waals surface area contributed by atoms with Crippen molar-refractivity contribution in [1.82, 2.24) is 20.3 Å². The van der Waals surface area contributed by atoms with Crippen LogP contribution in [0.1, 0.15) is 34.9 Å². The Kier molecular flexibility index (Phi) is 4.96. The molecule has 0 saturated carbocycles. The van der Waals surface area contributed by atoms with Crippen LogP contribution in [0.15, 0.2) is 24.4 Å². The van der Waals surface area contributed by atoms with Gasteiger partial charge in [0, 0.05) is 5.69 Å². The fourth-order valence-corrected chi connectivity index (χ4v) is 2.87. The van der Waals surface area contributed by atoms with Gasteiger partial charge < -0.3 is 10.6 Å². The number of carbonyl (C=O) groups is 1. The largest absolute Gasteiger partial charge is 0.417 e. The molecular formula is C15H15ClF3N5O. The van der Waals surface area contributed by atoms with Gasteiger partial charge in [0.15, 0.2) is 5.69 Å². The molecule has 1 aliphatic rings.